The normalized spacial score (nSPS) is 12.3. The molecule has 0 aliphatic rings. The first-order valence-electron chi connectivity index (χ1n) is 12.2. The average molecular weight is 506 g/mol. The first-order valence-corrected chi connectivity index (χ1v) is 12.8. The molecule has 0 saturated carbocycles. The molecule has 4 nitrogen and oxygen atoms in total. The van der Waals surface area contributed by atoms with E-state index >= 15 is 0 Å². The summed E-state index contributed by atoms with van der Waals surface area (Å²) < 4.78 is 11.5. The Morgan fingerprint density at radius 2 is 1.36 bits per heavy atom. The summed E-state index contributed by atoms with van der Waals surface area (Å²) in [7, 11) is 4.06. The van der Waals surface area contributed by atoms with E-state index in [1.807, 2.05) is 89.5 Å². The van der Waals surface area contributed by atoms with Gasteiger partial charge in [-0.05, 0) is 93.4 Å². The lowest BCUT2D eigenvalue weighted by Gasteiger charge is -2.19. The van der Waals surface area contributed by atoms with Gasteiger partial charge in [0.15, 0.2) is 0 Å². The van der Waals surface area contributed by atoms with Crippen LogP contribution in [-0.2, 0) is 4.79 Å². The monoisotopic (exact) mass is 505 g/mol. The number of alkyl halides is 1. The topological polar surface area (TPSA) is 38.8 Å². The molecular formula is C31H36ClNO3. The lowest BCUT2D eigenvalue weighted by molar-refractivity contribution is -0.142. The number of hydrogen-bond donors (Lipinski definition) is 0. The van der Waals surface area contributed by atoms with Crippen molar-refractivity contribution in [1.29, 1.82) is 0 Å². The quantitative estimate of drug-likeness (QED) is 0.127. The zero-order valence-corrected chi connectivity index (χ0v) is 22.6. The van der Waals surface area contributed by atoms with Crippen LogP contribution in [0.25, 0.3) is 11.1 Å². The van der Waals surface area contributed by atoms with Gasteiger partial charge in [-0.15, -0.1) is 11.6 Å². The number of rotatable bonds is 10. The van der Waals surface area contributed by atoms with Crippen molar-refractivity contribution in [2.24, 2.45) is 5.41 Å². The SMILES string of the molecule is CN(C)CCOc1ccc(/C(=C(/CCCl)c2ccccc2)c2ccc(OC(=O)C(C)(C)C)cc2)cc1. The van der Waals surface area contributed by atoms with E-state index in [-0.39, 0.29) is 5.97 Å². The number of hydrogen-bond acceptors (Lipinski definition) is 4. The second-order valence-electron chi connectivity index (χ2n) is 10.00. The molecule has 0 aliphatic carbocycles. The predicted molar refractivity (Wildman–Crippen MR) is 150 cm³/mol. The van der Waals surface area contributed by atoms with Crippen LogP contribution in [0.15, 0.2) is 78.9 Å². The summed E-state index contributed by atoms with van der Waals surface area (Å²) in [5.41, 5.74) is 4.90. The second-order valence-corrected chi connectivity index (χ2v) is 10.4. The Balaban J connectivity index is 2.02. The molecular weight excluding hydrogens is 470 g/mol. The number of likely N-dealkylation sites (N-methyl/N-ethyl adjacent to an activating group) is 1. The number of halogens is 1. The van der Waals surface area contributed by atoms with E-state index in [0.29, 0.717) is 24.7 Å². The third-order valence-corrected chi connectivity index (χ3v) is 5.87. The van der Waals surface area contributed by atoms with Gasteiger partial charge in [0.1, 0.15) is 18.1 Å². The molecule has 0 heterocycles. The first-order chi connectivity index (χ1) is 17.2. The van der Waals surface area contributed by atoms with Gasteiger partial charge in [0.05, 0.1) is 5.41 Å². The molecule has 190 valence electrons. The number of nitrogens with zero attached hydrogens (tertiary/aromatic N) is 1. The fourth-order valence-electron chi connectivity index (χ4n) is 3.68. The van der Waals surface area contributed by atoms with Crippen LogP contribution >= 0.6 is 11.6 Å². The van der Waals surface area contributed by atoms with Crippen molar-refractivity contribution in [2.75, 3.05) is 33.1 Å². The predicted octanol–water partition coefficient (Wildman–Crippen LogP) is 7.17. The molecule has 0 spiro atoms. The fourth-order valence-corrected chi connectivity index (χ4v) is 3.87. The molecule has 0 atom stereocenters. The van der Waals surface area contributed by atoms with Crippen molar-refractivity contribution in [2.45, 2.75) is 27.2 Å². The van der Waals surface area contributed by atoms with Gasteiger partial charge in [-0.25, -0.2) is 0 Å². The van der Waals surface area contributed by atoms with Crippen LogP contribution < -0.4 is 9.47 Å². The highest BCUT2D eigenvalue weighted by atomic mass is 35.5. The standard InChI is InChI=1S/C31H36ClNO3/c1-31(2,3)30(34)36-27-17-13-25(14-18-27)29(28(19-20-32)23-9-7-6-8-10-23)24-11-15-26(16-12-24)35-22-21-33(4)5/h6-18H,19-22H2,1-5H3/b29-28+. The number of ether oxygens (including phenoxy) is 2. The Kier molecular flexibility index (Phi) is 9.74. The molecule has 0 amide bonds. The van der Waals surface area contributed by atoms with Crippen molar-refractivity contribution in [1.82, 2.24) is 4.90 Å². The van der Waals surface area contributed by atoms with Crippen molar-refractivity contribution in [3.63, 3.8) is 0 Å². The van der Waals surface area contributed by atoms with Crippen LogP contribution in [0.5, 0.6) is 11.5 Å². The molecule has 0 saturated heterocycles. The second kappa shape index (κ2) is 12.8. The van der Waals surface area contributed by atoms with E-state index in [4.69, 9.17) is 21.1 Å². The van der Waals surface area contributed by atoms with Crippen molar-refractivity contribution < 1.29 is 14.3 Å². The Morgan fingerprint density at radius 1 is 0.806 bits per heavy atom. The number of esters is 1. The van der Waals surface area contributed by atoms with E-state index in [1.165, 1.54) is 0 Å². The van der Waals surface area contributed by atoms with Crippen molar-refractivity contribution >= 4 is 28.7 Å². The Labute approximate surface area is 220 Å². The van der Waals surface area contributed by atoms with Gasteiger partial charge in [0, 0.05) is 12.4 Å². The van der Waals surface area contributed by atoms with E-state index < -0.39 is 5.41 Å². The van der Waals surface area contributed by atoms with Crippen molar-refractivity contribution in [3.8, 4) is 11.5 Å². The lowest BCUT2D eigenvalue weighted by atomic mass is 9.88. The molecule has 0 radical (unpaired) electrons. The van der Waals surface area contributed by atoms with Crippen molar-refractivity contribution in [3.05, 3.63) is 95.6 Å². The summed E-state index contributed by atoms with van der Waals surface area (Å²) in [6, 6.07) is 26.2. The van der Waals surface area contributed by atoms with Crippen LogP contribution in [0, 0.1) is 5.41 Å². The summed E-state index contributed by atoms with van der Waals surface area (Å²) in [6.07, 6.45) is 0.711. The summed E-state index contributed by atoms with van der Waals surface area (Å²) in [5.74, 6) is 1.60. The summed E-state index contributed by atoms with van der Waals surface area (Å²) >= 11 is 6.28. The Hall–Kier alpha value is -3.08. The maximum atomic E-state index is 12.3. The van der Waals surface area contributed by atoms with Gasteiger partial charge in [0.2, 0.25) is 0 Å². The van der Waals surface area contributed by atoms with Crippen LogP contribution in [-0.4, -0.2) is 44.0 Å². The molecule has 0 aliphatic heterocycles. The highest BCUT2D eigenvalue weighted by Crippen LogP contribution is 2.36. The number of carbonyl (C=O) groups is 1. The molecule has 0 unspecified atom stereocenters. The van der Waals surface area contributed by atoms with Gasteiger partial charge in [0.25, 0.3) is 0 Å². The molecule has 5 heteroatoms. The number of allylic oxidation sites excluding steroid dienone is 1. The highest BCUT2D eigenvalue weighted by molar-refractivity contribution is 6.18. The third kappa shape index (κ3) is 7.71. The molecule has 0 aromatic heterocycles. The van der Waals surface area contributed by atoms with Gasteiger partial charge in [-0.3, -0.25) is 4.79 Å². The molecule has 0 N–H and O–H groups in total. The van der Waals surface area contributed by atoms with E-state index in [9.17, 15) is 4.79 Å². The van der Waals surface area contributed by atoms with Crippen LogP contribution in [0.2, 0.25) is 0 Å². The fraction of sp³-hybridized carbons (Fsp3) is 0.323. The van der Waals surface area contributed by atoms with Crippen LogP contribution in [0.1, 0.15) is 43.9 Å². The van der Waals surface area contributed by atoms with Crippen LogP contribution in [0.4, 0.5) is 0 Å². The summed E-state index contributed by atoms with van der Waals surface area (Å²) in [4.78, 5) is 14.4. The first kappa shape index (κ1) is 27.5. The van der Waals surface area contributed by atoms with Gasteiger partial charge in [-0.1, -0.05) is 54.6 Å². The third-order valence-electron chi connectivity index (χ3n) is 5.68. The largest absolute Gasteiger partial charge is 0.492 e. The number of carbonyl (C=O) groups excluding carboxylic acids is 1. The molecule has 0 fully saturated rings. The van der Waals surface area contributed by atoms with Gasteiger partial charge in [-0.2, -0.15) is 0 Å². The lowest BCUT2D eigenvalue weighted by Crippen LogP contribution is -2.25. The molecule has 36 heavy (non-hydrogen) atoms. The highest BCUT2D eigenvalue weighted by Gasteiger charge is 2.24. The van der Waals surface area contributed by atoms with Crippen LogP contribution in [0.3, 0.4) is 0 Å². The van der Waals surface area contributed by atoms with E-state index in [1.54, 1.807) is 0 Å². The molecule has 3 aromatic carbocycles. The summed E-state index contributed by atoms with van der Waals surface area (Å²) in [6.45, 7) is 7.02. The smallest absolute Gasteiger partial charge is 0.316 e. The maximum absolute atomic E-state index is 12.3. The Morgan fingerprint density at radius 3 is 1.86 bits per heavy atom. The molecule has 3 aromatic rings. The summed E-state index contributed by atoms with van der Waals surface area (Å²) in [5, 5.41) is 0. The minimum absolute atomic E-state index is 0.261. The molecule has 0 bridgehead atoms. The minimum Gasteiger partial charge on any atom is -0.492 e. The number of benzene rings is 3. The van der Waals surface area contributed by atoms with Gasteiger partial charge >= 0.3 is 5.97 Å². The minimum atomic E-state index is -0.569. The zero-order valence-electron chi connectivity index (χ0n) is 21.9. The average Bonchev–Trinajstić information content (AvgIpc) is 2.85. The van der Waals surface area contributed by atoms with E-state index in [2.05, 4.69) is 29.2 Å². The van der Waals surface area contributed by atoms with E-state index in [0.717, 1.165) is 40.1 Å². The van der Waals surface area contributed by atoms with Gasteiger partial charge < -0.3 is 14.4 Å². The zero-order chi connectivity index (χ0) is 26.1. The maximum Gasteiger partial charge on any atom is 0.316 e. The Bertz CT molecular complexity index is 1150. The molecule has 3 rings (SSSR count).